The molecule has 0 unspecified atom stereocenters. The first-order valence-electron chi connectivity index (χ1n) is 8.52. The molecule has 26 heavy (non-hydrogen) atoms. The largest absolute Gasteiger partial charge is 0.366 e. The second kappa shape index (κ2) is 8.64. The van der Waals surface area contributed by atoms with Crippen LogP contribution in [0.2, 0.25) is 10.6 Å². The summed E-state index contributed by atoms with van der Waals surface area (Å²) in [4.78, 5) is 25.7. The van der Waals surface area contributed by atoms with E-state index in [9.17, 15) is 4.79 Å². The molecular weight excluding hydrogens is 373 g/mol. The summed E-state index contributed by atoms with van der Waals surface area (Å²) in [5.74, 6) is -0.111. The van der Waals surface area contributed by atoms with Crippen LogP contribution in [0, 0.1) is 0 Å². The minimum Gasteiger partial charge on any atom is -0.366 e. The lowest BCUT2D eigenvalue weighted by Gasteiger charge is -2.39. The molecule has 0 bridgehead atoms. The van der Waals surface area contributed by atoms with E-state index in [1.54, 1.807) is 12.1 Å². The van der Waals surface area contributed by atoms with E-state index >= 15 is 0 Å². The van der Waals surface area contributed by atoms with Gasteiger partial charge in [0.2, 0.25) is 22.4 Å². The van der Waals surface area contributed by atoms with Crippen molar-refractivity contribution in [1.29, 1.82) is 0 Å². The molecule has 2 N–H and O–H groups in total. The maximum Gasteiger partial charge on any atom is 0.248 e. The van der Waals surface area contributed by atoms with Gasteiger partial charge in [-0.15, -0.1) is 0 Å². The highest BCUT2D eigenvalue weighted by molar-refractivity contribution is 6.31. The summed E-state index contributed by atoms with van der Waals surface area (Å²) in [6, 6.07) is 6.98. The van der Waals surface area contributed by atoms with Crippen molar-refractivity contribution in [3.8, 4) is 0 Å². The maximum absolute atomic E-state index is 11.4. The highest BCUT2D eigenvalue weighted by Crippen LogP contribution is 2.35. The van der Waals surface area contributed by atoms with Gasteiger partial charge in [0.15, 0.2) is 0 Å². The van der Waals surface area contributed by atoms with Crippen LogP contribution in [0.5, 0.6) is 0 Å². The van der Waals surface area contributed by atoms with E-state index in [0.717, 1.165) is 31.4 Å². The smallest absolute Gasteiger partial charge is 0.248 e. The van der Waals surface area contributed by atoms with Gasteiger partial charge < -0.3 is 10.6 Å². The molecule has 2 rings (SSSR count). The van der Waals surface area contributed by atoms with Gasteiger partial charge in [-0.3, -0.25) is 4.79 Å². The first-order valence-corrected chi connectivity index (χ1v) is 9.27. The molecule has 1 amide bonds. The van der Waals surface area contributed by atoms with Gasteiger partial charge >= 0.3 is 0 Å². The summed E-state index contributed by atoms with van der Waals surface area (Å²) < 4.78 is 0. The number of hydrogen-bond donors (Lipinski definition) is 1. The van der Waals surface area contributed by atoms with E-state index in [4.69, 9.17) is 28.9 Å². The zero-order valence-corrected chi connectivity index (χ0v) is 16.7. The Bertz CT molecular complexity index is 744. The Hall–Kier alpha value is -1.92. The van der Waals surface area contributed by atoms with Crippen LogP contribution >= 0.6 is 23.2 Å². The molecule has 140 valence electrons. The van der Waals surface area contributed by atoms with Crippen molar-refractivity contribution in [1.82, 2.24) is 15.0 Å². The number of nitrogens with two attached hydrogens (primary N) is 1. The van der Waals surface area contributed by atoms with E-state index in [1.807, 2.05) is 17.0 Å². The zero-order valence-electron chi connectivity index (χ0n) is 15.2. The fourth-order valence-electron chi connectivity index (χ4n) is 2.85. The predicted molar refractivity (Wildman–Crippen MR) is 105 cm³/mol. The van der Waals surface area contributed by atoms with Crippen LogP contribution < -0.4 is 10.6 Å². The van der Waals surface area contributed by atoms with Crippen LogP contribution in [0.3, 0.4) is 0 Å². The lowest BCUT2D eigenvalue weighted by molar-refractivity contribution is 0.100. The monoisotopic (exact) mass is 395 g/mol. The number of hydrogen-bond acceptors (Lipinski definition) is 5. The molecule has 0 atom stereocenters. The number of primary amides is 1. The number of aromatic nitrogens is 3. The molecule has 1 aromatic heterocycles. The van der Waals surface area contributed by atoms with Gasteiger partial charge in [0.1, 0.15) is 0 Å². The van der Waals surface area contributed by atoms with Gasteiger partial charge in [0.25, 0.3) is 0 Å². The number of nitrogens with zero attached hydrogens (tertiary/aromatic N) is 4. The van der Waals surface area contributed by atoms with Crippen LogP contribution in [0.1, 0.15) is 56.8 Å². The molecule has 1 aromatic carbocycles. The van der Waals surface area contributed by atoms with Crippen molar-refractivity contribution in [3.63, 3.8) is 0 Å². The highest BCUT2D eigenvalue weighted by atomic mass is 35.5. The summed E-state index contributed by atoms with van der Waals surface area (Å²) >= 11 is 12.0. The summed E-state index contributed by atoms with van der Waals surface area (Å²) in [5.41, 5.74) is 6.28. The zero-order chi connectivity index (χ0) is 19.3. The molecule has 0 radical (unpaired) electrons. The van der Waals surface area contributed by atoms with Gasteiger partial charge in [0.05, 0.1) is 0 Å². The summed E-state index contributed by atoms with van der Waals surface area (Å²) in [6.45, 7) is 6.38. The fourth-order valence-corrected chi connectivity index (χ4v) is 3.20. The third-order valence-electron chi connectivity index (χ3n) is 4.18. The Labute approximate surface area is 163 Å². The lowest BCUT2D eigenvalue weighted by atomic mass is 9.94. The van der Waals surface area contributed by atoms with Crippen LogP contribution in [-0.2, 0) is 0 Å². The predicted octanol–water partition coefficient (Wildman–Crippen LogP) is 4.77. The standard InChI is InChI=1S/C18H23Cl2N5O/c1-4-5-6-11-18(2,3)25(17-23-15(19)22-16(20)24-17)13-9-7-12(8-10-13)14(21)26/h7-10H,4-6,11H2,1-3H3,(H2,21,26). The molecule has 0 aliphatic carbocycles. The van der Waals surface area contributed by atoms with Crippen LogP contribution in [0.4, 0.5) is 11.6 Å². The van der Waals surface area contributed by atoms with Crippen LogP contribution in [0.15, 0.2) is 24.3 Å². The van der Waals surface area contributed by atoms with Gasteiger partial charge in [-0.2, -0.15) is 15.0 Å². The molecule has 2 aromatic rings. The average Bonchev–Trinajstić information content (AvgIpc) is 2.54. The molecule has 0 spiro atoms. The number of benzene rings is 1. The van der Waals surface area contributed by atoms with Gasteiger partial charge in [-0.05, 0) is 67.7 Å². The Morgan fingerprint density at radius 1 is 1.08 bits per heavy atom. The minimum absolute atomic E-state index is 0.0307. The Balaban J connectivity index is 2.48. The Morgan fingerprint density at radius 3 is 2.15 bits per heavy atom. The number of carbonyl (C=O) groups excluding carboxylic acids is 1. The third-order valence-corrected chi connectivity index (χ3v) is 4.51. The van der Waals surface area contributed by atoms with Gasteiger partial charge in [-0.25, -0.2) is 0 Å². The van der Waals surface area contributed by atoms with E-state index in [-0.39, 0.29) is 16.1 Å². The Kier molecular flexibility index (Phi) is 6.78. The molecular formula is C18H23Cl2N5O. The van der Waals surface area contributed by atoms with Gasteiger partial charge in [0, 0.05) is 16.8 Å². The lowest BCUT2D eigenvalue weighted by Crippen LogP contribution is -2.41. The number of amides is 1. The quantitative estimate of drug-likeness (QED) is 0.650. The van der Waals surface area contributed by atoms with Crippen molar-refractivity contribution in [2.75, 3.05) is 4.90 Å². The molecule has 6 nitrogen and oxygen atoms in total. The Morgan fingerprint density at radius 2 is 1.65 bits per heavy atom. The molecule has 0 aliphatic rings. The van der Waals surface area contributed by atoms with Crippen LogP contribution in [0.25, 0.3) is 0 Å². The van der Waals surface area contributed by atoms with E-state index in [0.29, 0.717) is 11.5 Å². The first kappa shape index (κ1) is 20.4. The van der Waals surface area contributed by atoms with E-state index in [2.05, 4.69) is 35.7 Å². The summed E-state index contributed by atoms with van der Waals surface area (Å²) in [7, 11) is 0. The molecule has 0 fully saturated rings. The summed E-state index contributed by atoms with van der Waals surface area (Å²) in [5, 5.41) is 0.0613. The van der Waals surface area contributed by atoms with Crippen molar-refractivity contribution in [2.24, 2.45) is 5.73 Å². The van der Waals surface area contributed by atoms with E-state index < -0.39 is 5.91 Å². The highest BCUT2D eigenvalue weighted by Gasteiger charge is 2.31. The number of rotatable bonds is 8. The molecule has 8 heteroatoms. The van der Waals surface area contributed by atoms with E-state index in [1.165, 1.54) is 0 Å². The number of anilines is 2. The normalized spacial score (nSPS) is 11.4. The van der Waals surface area contributed by atoms with Crippen molar-refractivity contribution in [2.45, 2.75) is 52.0 Å². The van der Waals surface area contributed by atoms with Crippen molar-refractivity contribution >= 4 is 40.7 Å². The maximum atomic E-state index is 11.4. The third kappa shape index (κ3) is 5.05. The van der Waals surface area contributed by atoms with Crippen LogP contribution in [-0.4, -0.2) is 26.4 Å². The van der Waals surface area contributed by atoms with Crippen molar-refractivity contribution in [3.05, 3.63) is 40.4 Å². The second-order valence-electron chi connectivity index (χ2n) is 6.69. The number of unbranched alkanes of at least 4 members (excludes halogenated alkanes) is 2. The number of carbonyl (C=O) groups is 1. The average molecular weight is 396 g/mol. The summed E-state index contributed by atoms with van der Waals surface area (Å²) in [6.07, 6.45) is 4.24. The SMILES string of the molecule is CCCCCC(C)(C)N(c1ccc(C(N)=O)cc1)c1nc(Cl)nc(Cl)n1. The van der Waals surface area contributed by atoms with Crippen molar-refractivity contribution < 1.29 is 4.79 Å². The number of halogens is 2. The topological polar surface area (TPSA) is 85.0 Å². The minimum atomic E-state index is -0.475. The molecule has 0 aliphatic heterocycles. The molecule has 1 heterocycles. The molecule has 0 saturated carbocycles. The second-order valence-corrected chi connectivity index (χ2v) is 7.37. The van der Waals surface area contributed by atoms with Gasteiger partial charge in [-0.1, -0.05) is 26.2 Å². The molecule has 0 saturated heterocycles. The first-order chi connectivity index (χ1) is 12.2. The fraction of sp³-hybridized carbons (Fsp3) is 0.444.